The zero-order valence-corrected chi connectivity index (χ0v) is 5.96. The molecule has 2 nitrogen and oxygen atoms in total. The molecule has 5 unspecified atom stereocenters. The highest BCUT2D eigenvalue weighted by Gasteiger charge is 2.55. The summed E-state index contributed by atoms with van der Waals surface area (Å²) < 4.78 is 0. The van der Waals surface area contributed by atoms with E-state index in [0.717, 1.165) is 11.8 Å². The molecule has 1 saturated heterocycles. The third-order valence-electron chi connectivity index (χ3n) is 3.71. The maximum Gasteiger partial charge on any atom is 0.0724 e. The van der Waals surface area contributed by atoms with Gasteiger partial charge in [0.1, 0.15) is 0 Å². The lowest BCUT2D eigenvalue weighted by atomic mass is 9.88. The molecule has 3 rings (SSSR count). The lowest BCUT2D eigenvalue weighted by molar-refractivity contribution is 0.0909. The second kappa shape index (κ2) is 1.56. The van der Waals surface area contributed by atoms with E-state index < -0.39 is 0 Å². The molecule has 56 valence electrons. The summed E-state index contributed by atoms with van der Waals surface area (Å²) in [7, 11) is 0. The molecule has 2 bridgehead atoms. The zero-order valence-electron chi connectivity index (χ0n) is 5.96. The second-order valence-corrected chi connectivity index (χ2v) is 4.08. The Hall–Kier alpha value is -0.0800. The topological polar surface area (TPSA) is 32.3 Å². The van der Waals surface area contributed by atoms with Gasteiger partial charge in [0.2, 0.25) is 0 Å². The van der Waals surface area contributed by atoms with Crippen molar-refractivity contribution in [2.24, 2.45) is 17.8 Å². The minimum Gasteiger partial charge on any atom is -0.391 e. The Labute approximate surface area is 60.6 Å². The molecule has 2 heteroatoms. The first-order valence-electron chi connectivity index (χ1n) is 4.28. The van der Waals surface area contributed by atoms with Crippen molar-refractivity contribution in [1.82, 2.24) is 5.32 Å². The van der Waals surface area contributed by atoms with Crippen LogP contribution in [0.1, 0.15) is 12.8 Å². The van der Waals surface area contributed by atoms with Crippen molar-refractivity contribution in [1.29, 1.82) is 0 Å². The zero-order chi connectivity index (χ0) is 6.72. The Balaban J connectivity index is 2.00. The molecule has 3 fully saturated rings. The van der Waals surface area contributed by atoms with Crippen LogP contribution in [-0.4, -0.2) is 23.8 Å². The van der Waals surface area contributed by atoms with Crippen molar-refractivity contribution in [3.63, 3.8) is 0 Å². The van der Waals surface area contributed by atoms with Crippen LogP contribution in [0.15, 0.2) is 0 Å². The van der Waals surface area contributed by atoms with Crippen LogP contribution in [0, 0.1) is 17.8 Å². The second-order valence-electron chi connectivity index (χ2n) is 4.08. The Morgan fingerprint density at radius 2 is 2.10 bits per heavy atom. The summed E-state index contributed by atoms with van der Waals surface area (Å²) in [6.07, 6.45) is 2.57. The van der Waals surface area contributed by atoms with Crippen LogP contribution < -0.4 is 5.32 Å². The van der Waals surface area contributed by atoms with Gasteiger partial charge in [0.25, 0.3) is 0 Å². The predicted octanol–water partition coefficient (Wildman–Crippen LogP) is -0.0249. The average Bonchev–Trinajstić information content (AvgIpc) is 2.43. The quantitative estimate of drug-likeness (QED) is 0.494. The largest absolute Gasteiger partial charge is 0.391 e. The van der Waals surface area contributed by atoms with E-state index in [0.29, 0.717) is 12.0 Å². The lowest BCUT2D eigenvalue weighted by Gasteiger charge is -2.22. The van der Waals surface area contributed by atoms with Crippen molar-refractivity contribution < 1.29 is 5.11 Å². The number of nitrogens with one attached hydrogen (secondary N) is 1. The van der Waals surface area contributed by atoms with E-state index in [9.17, 15) is 5.11 Å². The molecule has 10 heavy (non-hydrogen) atoms. The molecule has 0 radical (unpaired) electrons. The van der Waals surface area contributed by atoms with Crippen LogP contribution in [0.3, 0.4) is 0 Å². The Morgan fingerprint density at radius 1 is 1.20 bits per heavy atom. The molecular formula is C8H13NO. The fraction of sp³-hybridized carbons (Fsp3) is 1.00. The third kappa shape index (κ3) is 0.453. The molecule has 2 saturated carbocycles. The molecule has 1 heterocycles. The highest BCUT2D eigenvalue weighted by Crippen LogP contribution is 2.51. The van der Waals surface area contributed by atoms with Crippen molar-refractivity contribution >= 4 is 0 Å². The molecule has 3 aliphatic rings. The number of aliphatic hydroxyl groups excluding tert-OH is 1. The summed E-state index contributed by atoms with van der Waals surface area (Å²) in [5, 5.41) is 13.1. The van der Waals surface area contributed by atoms with E-state index >= 15 is 0 Å². The summed E-state index contributed by atoms with van der Waals surface area (Å²) in [5.41, 5.74) is 0. The van der Waals surface area contributed by atoms with Crippen molar-refractivity contribution in [3.05, 3.63) is 0 Å². The number of aliphatic hydroxyl groups is 1. The molecule has 0 aromatic heterocycles. The van der Waals surface area contributed by atoms with Crippen LogP contribution in [0.25, 0.3) is 0 Å². The molecule has 2 N–H and O–H groups in total. The Kier molecular flexibility index (Phi) is 0.868. The van der Waals surface area contributed by atoms with Crippen molar-refractivity contribution in [2.75, 3.05) is 6.54 Å². The molecule has 0 aromatic rings. The first kappa shape index (κ1) is 5.56. The van der Waals surface area contributed by atoms with Gasteiger partial charge in [-0.05, 0) is 37.1 Å². The molecule has 5 atom stereocenters. The summed E-state index contributed by atoms with van der Waals surface area (Å²) in [6, 6.07) is 0.476. The van der Waals surface area contributed by atoms with E-state index in [1.54, 1.807) is 0 Å². The SMILES string of the molecule is OC1C2CC3CNC1C3C2. The van der Waals surface area contributed by atoms with Gasteiger partial charge in [0, 0.05) is 6.04 Å². The Bertz CT molecular complexity index is 169. The Morgan fingerprint density at radius 3 is 2.80 bits per heavy atom. The van der Waals surface area contributed by atoms with E-state index in [1.807, 2.05) is 0 Å². The van der Waals surface area contributed by atoms with Crippen molar-refractivity contribution in [3.8, 4) is 0 Å². The third-order valence-corrected chi connectivity index (χ3v) is 3.71. The van der Waals surface area contributed by atoms with E-state index in [2.05, 4.69) is 5.32 Å². The predicted molar refractivity (Wildman–Crippen MR) is 37.5 cm³/mol. The number of hydrogen-bond donors (Lipinski definition) is 2. The van der Waals surface area contributed by atoms with Crippen molar-refractivity contribution in [2.45, 2.75) is 25.0 Å². The van der Waals surface area contributed by atoms with E-state index in [4.69, 9.17) is 0 Å². The van der Waals surface area contributed by atoms with Gasteiger partial charge < -0.3 is 10.4 Å². The maximum absolute atomic E-state index is 9.64. The molecule has 1 aliphatic heterocycles. The minimum absolute atomic E-state index is 0.0104. The standard InChI is InChI=1S/C8H13NO/c10-8-4-1-5-3-9-7(8)6(5)2-4/h4-10H,1-3H2. The fourth-order valence-corrected chi connectivity index (χ4v) is 3.26. The molecule has 0 aromatic carbocycles. The molecule has 0 spiro atoms. The first-order chi connectivity index (χ1) is 4.86. The average molecular weight is 139 g/mol. The van der Waals surface area contributed by atoms with Crippen LogP contribution in [0.4, 0.5) is 0 Å². The van der Waals surface area contributed by atoms with Crippen LogP contribution in [0.5, 0.6) is 0 Å². The van der Waals surface area contributed by atoms with Gasteiger partial charge in [0.05, 0.1) is 6.10 Å². The van der Waals surface area contributed by atoms with Gasteiger partial charge >= 0.3 is 0 Å². The summed E-state index contributed by atoms with van der Waals surface area (Å²) >= 11 is 0. The number of rotatable bonds is 0. The summed E-state index contributed by atoms with van der Waals surface area (Å²) in [5.74, 6) is 2.40. The van der Waals surface area contributed by atoms with Gasteiger partial charge in [-0.25, -0.2) is 0 Å². The summed E-state index contributed by atoms with van der Waals surface area (Å²) in [4.78, 5) is 0. The highest BCUT2D eigenvalue weighted by atomic mass is 16.3. The lowest BCUT2D eigenvalue weighted by Crippen LogP contribution is -2.37. The van der Waals surface area contributed by atoms with Gasteiger partial charge in [-0.15, -0.1) is 0 Å². The maximum atomic E-state index is 9.64. The fourth-order valence-electron chi connectivity index (χ4n) is 3.26. The van der Waals surface area contributed by atoms with Crippen LogP contribution >= 0.6 is 0 Å². The number of fused-ring (bicyclic) bond motifs is 1. The van der Waals surface area contributed by atoms with E-state index in [-0.39, 0.29) is 6.10 Å². The minimum atomic E-state index is -0.0104. The first-order valence-corrected chi connectivity index (χ1v) is 4.28. The van der Waals surface area contributed by atoms with Crippen LogP contribution in [0.2, 0.25) is 0 Å². The van der Waals surface area contributed by atoms with Gasteiger partial charge in [0.15, 0.2) is 0 Å². The molecular weight excluding hydrogens is 126 g/mol. The molecule has 0 amide bonds. The normalized spacial score (nSPS) is 63.9. The van der Waals surface area contributed by atoms with E-state index in [1.165, 1.54) is 19.4 Å². The highest BCUT2D eigenvalue weighted by molar-refractivity contribution is 5.09. The summed E-state index contributed by atoms with van der Waals surface area (Å²) in [6.45, 7) is 1.17. The van der Waals surface area contributed by atoms with Gasteiger partial charge in [-0.2, -0.15) is 0 Å². The van der Waals surface area contributed by atoms with Gasteiger partial charge in [-0.1, -0.05) is 0 Å². The number of hydrogen-bond acceptors (Lipinski definition) is 2. The van der Waals surface area contributed by atoms with Crippen LogP contribution in [-0.2, 0) is 0 Å². The monoisotopic (exact) mass is 139 g/mol. The van der Waals surface area contributed by atoms with Gasteiger partial charge in [-0.3, -0.25) is 0 Å². The molecule has 2 aliphatic carbocycles. The smallest absolute Gasteiger partial charge is 0.0724 e.